The van der Waals surface area contributed by atoms with Gasteiger partial charge in [0.15, 0.2) is 16.4 Å². The zero-order valence-electron chi connectivity index (χ0n) is 15.6. The van der Waals surface area contributed by atoms with Crippen molar-refractivity contribution in [1.29, 1.82) is 0 Å². The van der Waals surface area contributed by atoms with Crippen LogP contribution in [0, 0.1) is 0 Å². The van der Waals surface area contributed by atoms with Crippen LogP contribution < -0.4 is 5.32 Å². The highest BCUT2D eigenvalue weighted by molar-refractivity contribution is 7.90. The van der Waals surface area contributed by atoms with Crippen LogP contribution in [0.25, 0.3) is 0 Å². The van der Waals surface area contributed by atoms with Gasteiger partial charge in [0.1, 0.15) is 0 Å². The zero-order valence-corrected chi connectivity index (χ0v) is 16.4. The van der Waals surface area contributed by atoms with E-state index in [-0.39, 0.29) is 10.5 Å². The fourth-order valence-corrected chi connectivity index (χ4v) is 3.15. The third kappa shape index (κ3) is 5.76. The maximum atomic E-state index is 12.1. The number of sulfone groups is 1. The summed E-state index contributed by atoms with van der Waals surface area (Å²) in [5, 5.41) is 6.66. The van der Waals surface area contributed by atoms with E-state index in [2.05, 4.69) is 10.4 Å². The van der Waals surface area contributed by atoms with Gasteiger partial charge >= 0.3 is 5.97 Å². The molecule has 3 aromatic rings. The minimum Gasteiger partial charge on any atom is -0.452 e. The smallest absolute Gasteiger partial charge is 0.341 e. The van der Waals surface area contributed by atoms with E-state index in [9.17, 15) is 18.0 Å². The summed E-state index contributed by atoms with van der Waals surface area (Å²) >= 11 is 0. The Morgan fingerprint density at radius 3 is 2.41 bits per heavy atom. The molecule has 3 rings (SSSR count). The molecule has 0 atom stereocenters. The lowest BCUT2D eigenvalue weighted by Gasteiger charge is -2.06. The molecule has 150 valence electrons. The lowest BCUT2D eigenvalue weighted by atomic mass is 10.2. The van der Waals surface area contributed by atoms with Gasteiger partial charge < -0.3 is 10.1 Å². The van der Waals surface area contributed by atoms with Crippen LogP contribution in [0.4, 0.5) is 5.69 Å². The molecule has 1 N–H and O–H groups in total. The molecule has 0 bridgehead atoms. The minimum absolute atomic E-state index is 0.148. The van der Waals surface area contributed by atoms with E-state index in [1.807, 2.05) is 30.3 Å². The fourth-order valence-electron chi connectivity index (χ4n) is 2.52. The number of hydrogen-bond donors (Lipinski definition) is 1. The van der Waals surface area contributed by atoms with Gasteiger partial charge in [0.2, 0.25) is 0 Å². The predicted octanol–water partition coefficient (Wildman–Crippen LogP) is 2.13. The number of carbonyl (C=O) groups excluding carboxylic acids is 2. The van der Waals surface area contributed by atoms with E-state index in [1.54, 1.807) is 10.9 Å². The molecule has 29 heavy (non-hydrogen) atoms. The maximum Gasteiger partial charge on any atom is 0.341 e. The standard InChI is InChI=1S/C20H19N3O5S/c1-29(26,27)18-9-7-17(8-10-18)22-19(24)14-28-20(25)16-11-21-23(13-16)12-15-5-3-2-4-6-15/h2-11,13H,12,14H2,1H3,(H,22,24). The lowest BCUT2D eigenvalue weighted by molar-refractivity contribution is -0.119. The van der Waals surface area contributed by atoms with Crippen molar-refractivity contribution in [3.05, 3.63) is 78.1 Å². The third-order valence-electron chi connectivity index (χ3n) is 3.96. The monoisotopic (exact) mass is 413 g/mol. The van der Waals surface area contributed by atoms with Crippen molar-refractivity contribution in [3.8, 4) is 0 Å². The lowest BCUT2D eigenvalue weighted by Crippen LogP contribution is -2.20. The Hall–Kier alpha value is -3.46. The number of amides is 1. The normalized spacial score (nSPS) is 11.1. The number of esters is 1. The van der Waals surface area contributed by atoms with E-state index in [0.29, 0.717) is 12.2 Å². The summed E-state index contributed by atoms with van der Waals surface area (Å²) in [5.41, 5.74) is 1.68. The molecule has 0 aliphatic carbocycles. The molecular formula is C20H19N3O5S. The van der Waals surface area contributed by atoms with Crippen molar-refractivity contribution in [2.45, 2.75) is 11.4 Å². The molecule has 0 saturated heterocycles. The van der Waals surface area contributed by atoms with Crippen LogP contribution in [0.1, 0.15) is 15.9 Å². The average Bonchev–Trinajstić information content (AvgIpc) is 3.15. The number of hydrogen-bond acceptors (Lipinski definition) is 6. The molecule has 0 saturated carbocycles. The summed E-state index contributed by atoms with van der Waals surface area (Å²) in [6.07, 6.45) is 4.03. The van der Waals surface area contributed by atoms with Crippen molar-refractivity contribution in [2.75, 3.05) is 18.2 Å². The molecule has 8 nitrogen and oxygen atoms in total. The summed E-state index contributed by atoms with van der Waals surface area (Å²) in [5.74, 6) is -1.20. The summed E-state index contributed by atoms with van der Waals surface area (Å²) in [4.78, 5) is 24.2. The van der Waals surface area contributed by atoms with Gasteiger partial charge in [0, 0.05) is 18.1 Å². The molecule has 0 spiro atoms. The maximum absolute atomic E-state index is 12.1. The topological polar surface area (TPSA) is 107 Å². The minimum atomic E-state index is -3.31. The first-order valence-electron chi connectivity index (χ1n) is 8.65. The number of carbonyl (C=O) groups is 2. The second-order valence-electron chi connectivity index (χ2n) is 6.33. The second kappa shape index (κ2) is 8.70. The van der Waals surface area contributed by atoms with Gasteiger partial charge in [-0.15, -0.1) is 0 Å². The van der Waals surface area contributed by atoms with Crippen LogP contribution in [0.5, 0.6) is 0 Å². The Morgan fingerprint density at radius 1 is 1.07 bits per heavy atom. The number of benzene rings is 2. The molecule has 0 radical (unpaired) electrons. The van der Waals surface area contributed by atoms with E-state index in [0.717, 1.165) is 11.8 Å². The quantitative estimate of drug-likeness (QED) is 0.595. The highest BCUT2D eigenvalue weighted by Crippen LogP contribution is 2.14. The molecule has 0 aliphatic heterocycles. The number of nitrogens with zero attached hydrogens (tertiary/aromatic N) is 2. The Balaban J connectivity index is 1.51. The number of nitrogens with one attached hydrogen (secondary N) is 1. The van der Waals surface area contributed by atoms with E-state index in [4.69, 9.17) is 4.74 Å². The van der Waals surface area contributed by atoms with Crippen molar-refractivity contribution >= 4 is 27.4 Å². The molecule has 0 fully saturated rings. The molecule has 2 aromatic carbocycles. The number of aromatic nitrogens is 2. The van der Waals surface area contributed by atoms with Crippen molar-refractivity contribution in [3.63, 3.8) is 0 Å². The molecule has 1 amide bonds. The van der Waals surface area contributed by atoms with Crippen LogP contribution in [-0.4, -0.2) is 42.9 Å². The van der Waals surface area contributed by atoms with Gasteiger partial charge in [-0.2, -0.15) is 5.10 Å². The number of rotatable bonds is 7. The number of ether oxygens (including phenoxy) is 1. The van der Waals surface area contributed by atoms with Crippen LogP contribution in [0.2, 0.25) is 0 Å². The van der Waals surface area contributed by atoms with Crippen molar-refractivity contribution in [1.82, 2.24) is 9.78 Å². The summed E-state index contributed by atoms with van der Waals surface area (Å²) in [6.45, 7) is 0.0363. The fraction of sp³-hybridized carbons (Fsp3) is 0.150. The van der Waals surface area contributed by atoms with Crippen LogP contribution in [0.15, 0.2) is 71.9 Å². The largest absolute Gasteiger partial charge is 0.452 e. The Bertz CT molecular complexity index is 1110. The van der Waals surface area contributed by atoms with Gasteiger partial charge in [-0.25, -0.2) is 13.2 Å². The first-order chi connectivity index (χ1) is 13.8. The van der Waals surface area contributed by atoms with Gasteiger partial charge in [-0.05, 0) is 29.8 Å². The van der Waals surface area contributed by atoms with Crippen LogP contribution >= 0.6 is 0 Å². The Labute approximate surface area is 168 Å². The first-order valence-corrected chi connectivity index (χ1v) is 10.5. The average molecular weight is 413 g/mol. The van der Waals surface area contributed by atoms with E-state index in [1.165, 1.54) is 30.5 Å². The molecule has 1 aromatic heterocycles. The zero-order chi connectivity index (χ0) is 20.9. The van der Waals surface area contributed by atoms with E-state index >= 15 is 0 Å². The highest BCUT2D eigenvalue weighted by atomic mass is 32.2. The van der Waals surface area contributed by atoms with Gasteiger partial charge in [0.25, 0.3) is 5.91 Å². The van der Waals surface area contributed by atoms with Crippen molar-refractivity contribution in [2.24, 2.45) is 0 Å². The third-order valence-corrected chi connectivity index (χ3v) is 5.09. The van der Waals surface area contributed by atoms with Gasteiger partial charge in [-0.3, -0.25) is 9.48 Å². The molecule has 0 unspecified atom stereocenters. The van der Waals surface area contributed by atoms with Crippen LogP contribution in [-0.2, 0) is 25.9 Å². The van der Waals surface area contributed by atoms with Crippen LogP contribution in [0.3, 0.4) is 0 Å². The Morgan fingerprint density at radius 2 is 1.76 bits per heavy atom. The predicted molar refractivity (Wildman–Crippen MR) is 106 cm³/mol. The highest BCUT2D eigenvalue weighted by Gasteiger charge is 2.13. The molecule has 0 aliphatic rings. The summed E-state index contributed by atoms with van der Waals surface area (Å²) < 4.78 is 29.5. The summed E-state index contributed by atoms with van der Waals surface area (Å²) in [7, 11) is -3.31. The molecule has 9 heteroatoms. The SMILES string of the molecule is CS(=O)(=O)c1ccc(NC(=O)COC(=O)c2cnn(Cc3ccccc3)c2)cc1. The molecule has 1 heterocycles. The van der Waals surface area contributed by atoms with E-state index < -0.39 is 28.3 Å². The van der Waals surface area contributed by atoms with Crippen molar-refractivity contribution < 1.29 is 22.7 Å². The molecular weight excluding hydrogens is 394 g/mol. The number of anilines is 1. The van der Waals surface area contributed by atoms with Gasteiger partial charge in [0.05, 0.1) is 23.2 Å². The van der Waals surface area contributed by atoms with Gasteiger partial charge in [-0.1, -0.05) is 30.3 Å². The second-order valence-corrected chi connectivity index (χ2v) is 8.35. The Kier molecular flexibility index (Phi) is 6.08. The summed E-state index contributed by atoms with van der Waals surface area (Å²) in [6, 6.07) is 15.4. The first kappa shape index (κ1) is 20.3.